The smallest absolute Gasteiger partial charge is 0.347 e. The van der Waals surface area contributed by atoms with Gasteiger partial charge in [0.1, 0.15) is 0 Å². The molecule has 0 bridgehead atoms. The van der Waals surface area contributed by atoms with E-state index < -0.39 is 35.3 Å². The molecule has 272 valence electrons. The molecule has 10 heteroatoms. The van der Waals surface area contributed by atoms with Crippen LogP contribution >= 0.6 is 0 Å². The minimum atomic E-state index is -1.08. The molecule has 1 saturated carbocycles. The average molecular weight is 707 g/mol. The Balaban J connectivity index is 0.000000677. The van der Waals surface area contributed by atoms with Crippen LogP contribution in [0, 0.1) is 32.6 Å². The van der Waals surface area contributed by atoms with Gasteiger partial charge in [-0.25, -0.2) is 4.79 Å². The third kappa shape index (κ3) is 10.5. The first-order chi connectivity index (χ1) is 24.7. The number of hydrogen-bond acceptors (Lipinski definition) is 7. The van der Waals surface area contributed by atoms with Crippen LogP contribution in [0.2, 0.25) is 0 Å². The first kappa shape index (κ1) is 39.2. The summed E-state index contributed by atoms with van der Waals surface area (Å²) in [4.78, 5) is 65.7. The van der Waals surface area contributed by atoms with E-state index >= 15 is 0 Å². The molecule has 5 rings (SSSR count). The number of rotatable bonds is 9. The van der Waals surface area contributed by atoms with Gasteiger partial charge in [-0.05, 0) is 95.0 Å². The van der Waals surface area contributed by atoms with Crippen molar-refractivity contribution < 1.29 is 38.9 Å². The Morgan fingerprint density at radius 1 is 0.788 bits per heavy atom. The third-order valence-electron chi connectivity index (χ3n) is 8.71. The van der Waals surface area contributed by atoms with Crippen LogP contribution in [-0.4, -0.2) is 45.5 Å². The fourth-order valence-corrected chi connectivity index (χ4v) is 6.41. The Kier molecular flexibility index (Phi) is 13.2. The number of nitrogens with one attached hydrogen (secondary N) is 1. The van der Waals surface area contributed by atoms with Gasteiger partial charge in [-0.1, -0.05) is 79.1 Å². The second-order valence-electron chi connectivity index (χ2n) is 13.7. The summed E-state index contributed by atoms with van der Waals surface area (Å²) in [5.74, 6) is -4.56. The molecule has 2 amide bonds. The molecular weight excluding hydrogens is 660 g/mol. The van der Waals surface area contributed by atoms with E-state index in [2.05, 4.69) is 5.32 Å². The minimum absolute atomic E-state index is 0.0664. The number of para-hydroxylation sites is 2. The number of nitrogens with zero attached hydrogens (tertiary/aromatic N) is 1. The topological polar surface area (TPSA) is 150 Å². The second kappa shape index (κ2) is 17.5. The van der Waals surface area contributed by atoms with E-state index in [1.165, 1.54) is 24.8 Å². The monoisotopic (exact) mass is 706 g/mol. The summed E-state index contributed by atoms with van der Waals surface area (Å²) in [5.41, 5.74) is 4.01. The molecule has 0 heterocycles. The number of hydrogen-bond donors (Lipinski definition) is 3. The maximum atomic E-state index is 13.8. The number of carboxylic acids is 1. The van der Waals surface area contributed by atoms with Crippen molar-refractivity contribution in [3.63, 3.8) is 0 Å². The van der Waals surface area contributed by atoms with Gasteiger partial charge in [0.25, 0.3) is 5.91 Å². The van der Waals surface area contributed by atoms with Crippen molar-refractivity contribution in [2.75, 3.05) is 10.2 Å². The first-order valence-corrected chi connectivity index (χ1v) is 17.3. The zero-order valence-corrected chi connectivity index (χ0v) is 30.2. The fourth-order valence-electron chi connectivity index (χ4n) is 6.41. The van der Waals surface area contributed by atoms with Crippen molar-refractivity contribution in [3.05, 3.63) is 125 Å². The highest BCUT2D eigenvalue weighted by molar-refractivity contribution is 6.14. The van der Waals surface area contributed by atoms with Crippen molar-refractivity contribution in [2.45, 2.75) is 72.3 Å². The predicted octanol–water partition coefficient (Wildman–Crippen LogP) is 7.95. The number of esters is 2. The average Bonchev–Trinajstić information content (AvgIpc) is 3.10. The highest BCUT2D eigenvalue weighted by Gasteiger charge is 2.38. The van der Waals surface area contributed by atoms with Crippen LogP contribution in [0.1, 0.15) is 83.4 Å². The van der Waals surface area contributed by atoms with E-state index in [1.54, 1.807) is 66.7 Å². The summed E-state index contributed by atoms with van der Waals surface area (Å²) < 4.78 is 5.49. The van der Waals surface area contributed by atoms with Crippen molar-refractivity contribution in [1.82, 2.24) is 0 Å². The number of carbonyl (C=O) groups is 5. The van der Waals surface area contributed by atoms with Crippen molar-refractivity contribution >= 4 is 46.8 Å². The van der Waals surface area contributed by atoms with Crippen LogP contribution in [0.4, 0.5) is 17.1 Å². The van der Waals surface area contributed by atoms with Gasteiger partial charge in [-0.15, -0.1) is 0 Å². The molecule has 1 aliphatic carbocycles. The maximum absolute atomic E-state index is 13.8. The number of aliphatic carboxylic acids is 1. The first-order valence-electron chi connectivity index (χ1n) is 17.3. The summed E-state index contributed by atoms with van der Waals surface area (Å²) in [7, 11) is 0. The molecule has 0 aromatic heterocycles. The maximum Gasteiger partial charge on any atom is 0.347 e. The lowest BCUT2D eigenvalue weighted by atomic mass is 9.78. The zero-order chi connectivity index (χ0) is 38.0. The van der Waals surface area contributed by atoms with Crippen molar-refractivity contribution in [2.24, 2.45) is 11.8 Å². The van der Waals surface area contributed by atoms with E-state index in [0.717, 1.165) is 35.2 Å². The molecule has 3 N–H and O–H groups in total. The van der Waals surface area contributed by atoms with Gasteiger partial charge in [-0.2, -0.15) is 0 Å². The molecule has 2 atom stereocenters. The minimum Gasteiger partial charge on any atom is -0.481 e. The molecule has 1 fully saturated rings. The van der Waals surface area contributed by atoms with Crippen LogP contribution in [0.3, 0.4) is 0 Å². The summed E-state index contributed by atoms with van der Waals surface area (Å²) in [5, 5.41) is 19.9. The van der Waals surface area contributed by atoms with Gasteiger partial charge >= 0.3 is 17.9 Å². The van der Waals surface area contributed by atoms with Gasteiger partial charge in [-0.3, -0.25) is 24.1 Å². The highest BCUT2D eigenvalue weighted by atomic mass is 16.6. The van der Waals surface area contributed by atoms with Crippen LogP contribution in [-0.2, 0) is 19.1 Å². The van der Waals surface area contributed by atoms with Crippen molar-refractivity contribution in [3.8, 4) is 0 Å². The fraction of sp³-hybridized carbons (Fsp3) is 0.310. The SMILES string of the molecule is CC(C)(O)CC(=O)O.Cc1cc(C)c(NC(=O)C2CCCCC2C(=O)OC(=O)c2ccccc2N(C(=O)c2ccccc2)c2ccccc2)c(C)c1. The number of aliphatic hydroxyl groups is 1. The van der Waals surface area contributed by atoms with Crippen LogP contribution in [0.15, 0.2) is 97.1 Å². The normalized spacial score (nSPS) is 15.3. The van der Waals surface area contributed by atoms with Crippen LogP contribution in [0.5, 0.6) is 0 Å². The number of aryl methyl sites for hydroxylation is 3. The Labute approximate surface area is 304 Å². The second-order valence-corrected chi connectivity index (χ2v) is 13.7. The highest BCUT2D eigenvalue weighted by Crippen LogP contribution is 2.35. The Morgan fingerprint density at radius 2 is 1.33 bits per heavy atom. The van der Waals surface area contributed by atoms with E-state index in [1.807, 2.05) is 45.0 Å². The number of amides is 2. The lowest BCUT2D eigenvalue weighted by molar-refractivity contribution is -0.148. The molecule has 1 aliphatic rings. The van der Waals surface area contributed by atoms with E-state index in [4.69, 9.17) is 14.9 Å². The summed E-state index contributed by atoms with van der Waals surface area (Å²) >= 11 is 0. The number of ether oxygens (including phenoxy) is 1. The standard InChI is InChI=1S/C37H36N2O5.C5H10O3/c1-24-22-25(2)33(26(3)23-24)38-34(40)29-18-10-11-19-30(29)36(42)44-37(43)31-20-12-13-21-32(31)39(28-16-8-5-9-17-28)35(41)27-14-6-4-7-15-27;1-5(2,8)3-4(6)7/h4-9,12-17,20-23,29-30H,10-11,18-19H2,1-3H3,(H,38,40);8H,3H2,1-2H3,(H,6,7). The molecule has 2 unspecified atom stereocenters. The van der Waals surface area contributed by atoms with Gasteiger partial charge in [0.2, 0.25) is 5.91 Å². The molecule has 52 heavy (non-hydrogen) atoms. The van der Waals surface area contributed by atoms with E-state index in [0.29, 0.717) is 24.1 Å². The molecule has 4 aromatic rings. The third-order valence-corrected chi connectivity index (χ3v) is 8.71. The molecule has 0 aliphatic heterocycles. The number of carbonyl (C=O) groups excluding carboxylic acids is 4. The zero-order valence-electron chi connectivity index (χ0n) is 30.2. The van der Waals surface area contributed by atoms with Crippen LogP contribution < -0.4 is 10.2 Å². The molecule has 10 nitrogen and oxygen atoms in total. The molecular formula is C42H46N2O8. The Morgan fingerprint density at radius 3 is 1.88 bits per heavy atom. The summed E-state index contributed by atoms with van der Waals surface area (Å²) in [6, 6.07) is 28.3. The quantitative estimate of drug-likeness (QED) is 0.117. The molecule has 0 spiro atoms. The van der Waals surface area contributed by atoms with Gasteiger partial charge in [0, 0.05) is 16.9 Å². The molecule has 0 saturated heterocycles. The lowest BCUT2D eigenvalue weighted by Crippen LogP contribution is -2.38. The predicted molar refractivity (Wildman–Crippen MR) is 199 cm³/mol. The molecule has 4 aromatic carbocycles. The van der Waals surface area contributed by atoms with Crippen molar-refractivity contribution in [1.29, 1.82) is 0 Å². The van der Waals surface area contributed by atoms with Gasteiger partial charge in [0.15, 0.2) is 0 Å². The van der Waals surface area contributed by atoms with Gasteiger partial charge in [0.05, 0.1) is 35.1 Å². The van der Waals surface area contributed by atoms with Gasteiger partial charge < -0.3 is 20.3 Å². The van der Waals surface area contributed by atoms with Crippen LogP contribution in [0.25, 0.3) is 0 Å². The number of anilines is 3. The molecule has 0 radical (unpaired) electrons. The largest absolute Gasteiger partial charge is 0.481 e. The lowest BCUT2D eigenvalue weighted by Gasteiger charge is -2.29. The number of benzene rings is 4. The number of carboxylic acid groups (broad SMARTS) is 1. The van der Waals surface area contributed by atoms with E-state index in [9.17, 15) is 24.0 Å². The van der Waals surface area contributed by atoms with E-state index in [-0.39, 0.29) is 29.5 Å². The Hall–Kier alpha value is -5.61. The Bertz CT molecular complexity index is 1880. The summed E-state index contributed by atoms with van der Waals surface area (Å²) in [6.45, 7) is 8.81. The summed E-state index contributed by atoms with van der Waals surface area (Å²) in [6.07, 6.45) is 2.32.